The second-order valence-electron chi connectivity index (χ2n) is 4.17. The van der Waals surface area contributed by atoms with Gasteiger partial charge in [-0.1, -0.05) is 13.0 Å². The number of nitrogens with zero attached hydrogens (tertiary/aromatic N) is 1. The Balaban J connectivity index is 2.82. The molecule has 1 N–H and O–H groups in total. The number of hydrogen-bond acceptors (Lipinski definition) is 3. The normalized spacial score (nSPS) is 10.0. The fourth-order valence-corrected chi connectivity index (χ4v) is 1.75. The first kappa shape index (κ1) is 15.0. The molecule has 1 aromatic carbocycles. The van der Waals surface area contributed by atoms with E-state index in [1.165, 1.54) is 7.11 Å². The summed E-state index contributed by atoms with van der Waals surface area (Å²) in [5.41, 5.74) is 0.512. The predicted octanol–water partition coefficient (Wildman–Crippen LogP) is 2.02. The fourth-order valence-electron chi connectivity index (χ4n) is 1.75. The molecule has 104 valence electrons. The zero-order valence-corrected chi connectivity index (χ0v) is 11.3. The molecule has 0 saturated carbocycles. The van der Waals surface area contributed by atoms with Crippen molar-refractivity contribution in [2.75, 3.05) is 20.2 Å². The van der Waals surface area contributed by atoms with Crippen LogP contribution in [0.15, 0.2) is 24.3 Å². The number of methoxy groups -OCH3 is 1. The van der Waals surface area contributed by atoms with E-state index in [2.05, 4.69) is 0 Å². The Labute approximate surface area is 112 Å². The smallest absolute Gasteiger partial charge is 0.305 e. The van der Waals surface area contributed by atoms with Gasteiger partial charge in [-0.3, -0.25) is 9.59 Å². The zero-order chi connectivity index (χ0) is 14.3. The summed E-state index contributed by atoms with van der Waals surface area (Å²) >= 11 is 0. The molecule has 0 aliphatic carbocycles. The van der Waals surface area contributed by atoms with E-state index >= 15 is 0 Å². The lowest BCUT2D eigenvalue weighted by Gasteiger charge is -2.21. The second-order valence-corrected chi connectivity index (χ2v) is 4.17. The van der Waals surface area contributed by atoms with Crippen molar-refractivity contribution < 1.29 is 19.4 Å². The molecule has 0 fully saturated rings. The van der Waals surface area contributed by atoms with Crippen LogP contribution in [0.1, 0.15) is 30.1 Å². The van der Waals surface area contributed by atoms with Gasteiger partial charge < -0.3 is 14.7 Å². The topological polar surface area (TPSA) is 66.8 Å². The summed E-state index contributed by atoms with van der Waals surface area (Å²) in [6.45, 7) is 2.72. The molecule has 0 aromatic heterocycles. The molecule has 0 aliphatic rings. The van der Waals surface area contributed by atoms with Crippen LogP contribution in [-0.4, -0.2) is 42.1 Å². The average molecular weight is 265 g/mol. The van der Waals surface area contributed by atoms with Crippen molar-refractivity contribution in [3.8, 4) is 5.75 Å². The molecule has 1 aromatic rings. The minimum absolute atomic E-state index is 0.0459. The van der Waals surface area contributed by atoms with E-state index in [1.54, 1.807) is 29.2 Å². The number of amides is 1. The van der Waals surface area contributed by atoms with Gasteiger partial charge >= 0.3 is 5.97 Å². The Morgan fingerprint density at radius 1 is 1.32 bits per heavy atom. The van der Waals surface area contributed by atoms with E-state index in [0.717, 1.165) is 6.42 Å². The highest BCUT2D eigenvalue weighted by Crippen LogP contribution is 2.14. The Hall–Kier alpha value is -2.04. The number of benzene rings is 1. The molecule has 5 nitrogen and oxygen atoms in total. The van der Waals surface area contributed by atoms with E-state index in [9.17, 15) is 9.59 Å². The third-order valence-corrected chi connectivity index (χ3v) is 2.69. The van der Waals surface area contributed by atoms with Gasteiger partial charge in [0.05, 0.1) is 13.5 Å². The molecule has 0 unspecified atom stereocenters. The van der Waals surface area contributed by atoms with Crippen molar-refractivity contribution >= 4 is 11.9 Å². The molecule has 0 heterocycles. The number of carboxylic acids is 1. The first-order valence-electron chi connectivity index (χ1n) is 6.23. The molecular formula is C14H19NO4. The van der Waals surface area contributed by atoms with Gasteiger partial charge in [-0.15, -0.1) is 0 Å². The number of carbonyl (C=O) groups excluding carboxylic acids is 1. The Bertz CT molecular complexity index is 445. The molecule has 0 saturated heterocycles. The molecule has 1 rings (SSSR count). The van der Waals surface area contributed by atoms with E-state index in [1.807, 2.05) is 6.92 Å². The van der Waals surface area contributed by atoms with Gasteiger partial charge in [0.2, 0.25) is 0 Å². The molecule has 1 amide bonds. The lowest BCUT2D eigenvalue weighted by Crippen LogP contribution is -2.33. The van der Waals surface area contributed by atoms with Crippen LogP contribution in [-0.2, 0) is 4.79 Å². The van der Waals surface area contributed by atoms with Crippen molar-refractivity contribution in [3.63, 3.8) is 0 Å². The summed E-state index contributed by atoms with van der Waals surface area (Å²) in [6, 6.07) is 6.87. The van der Waals surface area contributed by atoms with Crippen LogP contribution in [0, 0.1) is 0 Å². The first-order chi connectivity index (χ1) is 9.08. The van der Waals surface area contributed by atoms with Gasteiger partial charge in [-0.05, 0) is 24.6 Å². The van der Waals surface area contributed by atoms with Crippen LogP contribution < -0.4 is 4.74 Å². The summed E-state index contributed by atoms with van der Waals surface area (Å²) in [5, 5.41) is 8.71. The van der Waals surface area contributed by atoms with Gasteiger partial charge in [0, 0.05) is 18.7 Å². The van der Waals surface area contributed by atoms with Gasteiger partial charge in [0.15, 0.2) is 0 Å². The molecule has 0 spiro atoms. The standard InChI is InChI=1S/C14H19NO4/c1-3-8-15(9-7-13(16)17)14(18)11-5-4-6-12(10-11)19-2/h4-6,10H,3,7-9H2,1-2H3,(H,16,17). The third kappa shape index (κ3) is 4.62. The van der Waals surface area contributed by atoms with Crippen LogP contribution >= 0.6 is 0 Å². The highest BCUT2D eigenvalue weighted by molar-refractivity contribution is 5.94. The summed E-state index contributed by atoms with van der Waals surface area (Å²) in [4.78, 5) is 24.5. The molecule has 0 bridgehead atoms. The lowest BCUT2D eigenvalue weighted by atomic mass is 10.1. The maximum atomic E-state index is 12.3. The van der Waals surface area contributed by atoms with Gasteiger partial charge in [-0.2, -0.15) is 0 Å². The lowest BCUT2D eigenvalue weighted by molar-refractivity contribution is -0.137. The Morgan fingerprint density at radius 2 is 2.05 bits per heavy atom. The van der Waals surface area contributed by atoms with E-state index in [0.29, 0.717) is 17.9 Å². The quantitative estimate of drug-likeness (QED) is 0.819. The number of carboxylic acid groups (broad SMARTS) is 1. The van der Waals surface area contributed by atoms with Crippen molar-refractivity contribution in [3.05, 3.63) is 29.8 Å². The van der Waals surface area contributed by atoms with E-state index in [-0.39, 0.29) is 18.9 Å². The summed E-state index contributed by atoms with van der Waals surface area (Å²) in [6.07, 6.45) is 0.741. The van der Waals surface area contributed by atoms with E-state index < -0.39 is 5.97 Å². The van der Waals surface area contributed by atoms with Crippen LogP contribution in [0.4, 0.5) is 0 Å². The fraction of sp³-hybridized carbons (Fsp3) is 0.429. The Morgan fingerprint density at radius 3 is 2.63 bits per heavy atom. The number of hydrogen-bond donors (Lipinski definition) is 1. The maximum absolute atomic E-state index is 12.3. The minimum atomic E-state index is -0.903. The van der Waals surface area contributed by atoms with Crippen molar-refractivity contribution in [1.29, 1.82) is 0 Å². The van der Waals surface area contributed by atoms with Gasteiger partial charge in [0.1, 0.15) is 5.75 Å². The summed E-state index contributed by atoms with van der Waals surface area (Å²) < 4.78 is 5.08. The highest BCUT2D eigenvalue weighted by Gasteiger charge is 2.16. The number of ether oxygens (including phenoxy) is 1. The van der Waals surface area contributed by atoms with Gasteiger partial charge in [-0.25, -0.2) is 0 Å². The monoisotopic (exact) mass is 265 g/mol. The molecule has 5 heteroatoms. The van der Waals surface area contributed by atoms with Crippen molar-refractivity contribution in [1.82, 2.24) is 4.90 Å². The van der Waals surface area contributed by atoms with Gasteiger partial charge in [0.25, 0.3) is 5.91 Å². The maximum Gasteiger partial charge on any atom is 0.305 e. The van der Waals surface area contributed by atoms with Crippen molar-refractivity contribution in [2.24, 2.45) is 0 Å². The second kappa shape index (κ2) is 7.41. The predicted molar refractivity (Wildman–Crippen MR) is 71.4 cm³/mol. The summed E-state index contributed by atoms with van der Waals surface area (Å²) in [7, 11) is 1.54. The van der Waals surface area contributed by atoms with Crippen LogP contribution in [0.25, 0.3) is 0 Å². The SMILES string of the molecule is CCCN(CCC(=O)O)C(=O)c1cccc(OC)c1. The van der Waals surface area contributed by atoms with E-state index in [4.69, 9.17) is 9.84 Å². The molecular weight excluding hydrogens is 246 g/mol. The zero-order valence-electron chi connectivity index (χ0n) is 11.3. The van der Waals surface area contributed by atoms with Crippen LogP contribution in [0.5, 0.6) is 5.75 Å². The number of rotatable bonds is 7. The Kier molecular flexibility index (Phi) is 5.85. The first-order valence-corrected chi connectivity index (χ1v) is 6.23. The van der Waals surface area contributed by atoms with Crippen LogP contribution in [0.3, 0.4) is 0 Å². The number of aliphatic carboxylic acids is 1. The number of carbonyl (C=O) groups is 2. The van der Waals surface area contributed by atoms with Crippen molar-refractivity contribution in [2.45, 2.75) is 19.8 Å². The molecule has 19 heavy (non-hydrogen) atoms. The molecule has 0 radical (unpaired) electrons. The van der Waals surface area contributed by atoms with Crippen LogP contribution in [0.2, 0.25) is 0 Å². The molecule has 0 atom stereocenters. The average Bonchev–Trinajstić information content (AvgIpc) is 2.42. The highest BCUT2D eigenvalue weighted by atomic mass is 16.5. The largest absolute Gasteiger partial charge is 0.497 e. The minimum Gasteiger partial charge on any atom is -0.497 e. The summed E-state index contributed by atoms with van der Waals surface area (Å²) in [5.74, 6) is -0.456. The molecule has 0 aliphatic heterocycles. The third-order valence-electron chi connectivity index (χ3n) is 2.69.